The number of aliphatic hydroxyl groups excluding tert-OH is 1. The van der Waals surface area contributed by atoms with E-state index in [1.54, 1.807) is 29.5 Å². The molecule has 1 saturated heterocycles. The molecule has 1 aromatic carbocycles. The summed E-state index contributed by atoms with van der Waals surface area (Å²) in [6.45, 7) is 2.17. The average molecular weight is 462 g/mol. The molecule has 1 spiro atoms. The normalized spacial score (nSPS) is 20.6. The van der Waals surface area contributed by atoms with Crippen molar-refractivity contribution in [2.24, 2.45) is 0 Å². The van der Waals surface area contributed by atoms with Gasteiger partial charge in [0, 0.05) is 54.6 Å². The number of H-pyrrole nitrogens is 1. The molecule has 0 unspecified atom stereocenters. The first-order valence-electron chi connectivity index (χ1n) is 9.92. The molecule has 2 aromatic heterocycles. The Kier molecular flexibility index (Phi) is 4.67. The highest BCUT2D eigenvalue weighted by Gasteiger charge is 2.56. The number of aromatic amines is 1. The van der Waals surface area contributed by atoms with Crippen LogP contribution < -0.4 is 4.74 Å². The van der Waals surface area contributed by atoms with E-state index < -0.39 is 21.5 Å². The van der Waals surface area contributed by atoms with Gasteiger partial charge in [0.15, 0.2) is 0 Å². The summed E-state index contributed by atoms with van der Waals surface area (Å²) in [6, 6.07) is 8.54. The smallest absolute Gasteiger partial charge is 0.252 e. The first kappa shape index (κ1) is 20.5. The molecule has 164 valence electrons. The number of fused-ring (bicyclic) bond motifs is 4. The predicted octanol–water partition coefficient (Wildman–Crippen LogP) is 2.08. The van der Waals surface area contributed by atoms with E-state index in [-0.39, 0.29) is 25.6 Å². The van der Waals surface area contributed by atoms with Gasteiger partial charge >= 0.3 is 0 Å². The molecule has 0 bridgehead atoms. The number of ether oxygens (including phenoxy) is 1. The van der Waals surface area contributed by atoms with Crippen molar-refractivity contribution >= 4 is 38.2 Å². The molecule has 2 N–H and O–H groups in total. The Morgan fingerprint density at radius 3 is 2.71 bits per heavy atom. The molecule has 8 nitrogen and oxygen atoms in total. The lowest BCUT2D eigenvalue weighted by molar-refractivity contribution is -0.135. The van der Waals surface area contributed by atoms with Crippen molar-refractivity contribution in [1.29, 1.82) is 0 Å². The Labute approximate surface area is 184 Å². The number of carbonyl (C=O) groups excluding carboxylic acids is 1. The van der Waals surface area contributed by atoms with Crippen molar-refractivity contribution in [3.63, 3.8) is 0 Å². The van der Waals surface area contributed by atoms with E-state index in [9.17, 15) is 18.3 Å². The molecule has 3 aromatic rings. The molecule has 2 aliphatic heterocycles. The molecular weight excluding hydrogens is 438 g/mol. The van der Waals surface area contributed by atoms with Crippen molar-refractivity contribution in [3.05, 3.63) is 47.0 Å². The summed E-state index contributed by atoms with van der Waals surface area (Å²) in [5, 5.41) is 12.8. The zero-order chi connectivity index (χ0) is 22.0. The summed E-state index contributed by atoms with van der Waals surface area (Å²) < 4.78 is 33.2. The van der Waals surface area contributed by atoms with E-state index >= 15 is 0 Å². The van der Waals surface area contributed by atoms with Crippen molar-refractivity contribution < 1.29 is 23.1 Å². The SMILES string of the molecule is COc1ccc2c3c([nH]c2c1)[C@H](CO)N(C(C)=O)CC31CN(S(=O)(=O)c2cccs2)C1. The third-order valence-corrected chi connectivity index (χ3v) is 9.54. The summed E-state index contributed by atoms with van der Waals surface area (Å²) in [7, 11) is -1.98. The van der Waals surface area contributed by atoms with E-state index in [4.69, 9.17) is 4.74 Å². The van der Waals surface area contributed by atoms with E-state index in [2.05, 4.69) is 4.98 Å². The van der Waals surface area contributed by atoms with Gasteiger partial charge in [-0.3, -0.25) is 4.79 Å². The first-order chi connectivity index (χ1) is 14.8. The van der Waals surface area contributed by atoms with Gasteiger partial charge in [-0.2, -0.15) is 4.31 Å². The second kappa shape index (κ2) is 7.06. The van der Waals surface area contributed by atoms with Crippen molar-refractivity contribution in [2.45, 2.75) is 22.6 Å². The molecule has 1 fully saturated rings. The summed E-state index contributed by atoms with van der Waals surface area (Å²) in [5.74, 6) is 0.541. The molecule has 0 radical (unpaired) electrons. The number of carbonyl (C=O) groups is 1. The van der Waals surface area contributed by atoms with E-state index in [1.807, 2.05) is 18.2 Å². The van der Waals surface area contributed by atoms with Crippen LogP contribution in [0.2, 0.25) is 0 Å². The van der Waals surface area contributed by atoms with Gasteiger partial charge in [0.05, 0.1) is 19.8 Å². The lowest BCUT2D eigenvalue weighted by Crippen LogP contribution is -2.67. The largest absolute Gasteiger partial charge is 0.497 e. The van der Waals surface area contributed by atoms with E-state index in [1.165, 1.54) is 22.6 Å². The number of nitrogens with zero attached hydrogens (tertiary/aromatic N) is 2. The zero-order valence-electron chi connectivity index (χ0n) is 17.2. The Hall–Kier alpha value is -2.40. The van der Waals surface area contributed by atoms with Gasteiger partial charge in [-0.1, -0.05) is 6.07 Å². The maximum Gasteiger partial charge on any atom is 0.252 e. The highest BCUT2D eigenvalue weighted by atomic mass is 32.2. The minimum absolute atomic E-state index is 0.153. The summed E-state index contributed by atoms with van der Waals surface area (Å²) in [4.78, 5) is 17.5. The van der Waals surface area contributed by atoms with Crippen molar-refractivity contribution in [1.82, 2.24) is 14.2 Å². The zero-order valence-corrected chi connectivity index (χ0v) is 18.8. The lowest BCUT2D eigenvalue weighted by atomic mass is 9.70. The van der Waals surface area contributed by atoms with Crippen molar-refractivity contribution in [3.8, 4) is 5.75 Å². The van der Waals surface area contributed by atoms with Crippen LogP contribution in [0.5, 0.6) is 5.75 Å². The van der Waals surface area contributed by atoms with Crippen LogP contribution >= 0.6 is 11.3 Å². The van der Waals surface area contributed by atoms with Crippen LogP contribution in [-0.4, -0.2) is 67.0 Å². The fourth-order valence-electron chi connectivity index (χ4n) is 4.93. The summed E-state index contributed by atoms with van der Waals surface area (Å²) >= 11 is 1.20. The van der Waals surface area contributed by atoms with E-state index in [0.29, 0.717) is 16.5 Å². The Morgan fingerprint density at radius 2 is 2.10 bits per heavy atom. The maximum atomic E-state index is 13.0. The third-order valence-electron chi connectivity index (χ3n) is 6.37. The number of aliphatic hydroxyl groups is 1. The fraction of sp³-hybridized carbons (Fsp3) is 0.381. The standard InChI is InChI=1S/C21H23N3O5S2/c1-13(26)24-12-21(10-23(11-21)31(27,28)18-4-3-7-30-18)19-15-6-5-14(29-2)8-16(15)22-20(19)17(24)9-25/h3-8,17,22,25H,9-12H2,1-2H3/t17-/m0/s1. The number of rotatable bonds is 4. The van der Waals surface area contributed by atoms with Gasteiger partial charge < -0.3 is 19.7 Å². The third kappa shape index (κ3) is 2.93. The van der Waals surface area contributed by atoms with Gasteiger partial charge in [0.2, 0.25) is 5.91 Å². The van der Waals surface area contributed by atoms with E-state index in [0.717, 1.165) is 22.2 Å². The number of thiophene rings is 1. The monoisotopic (exact) mass is 461 g/mol. The minimum atomic E-state index is -3.57. The van der Waals surface area contributed by atoms with Crippen LogP contribution in [0.3, 0.4) is 0 Å². The average Bonchev–Trinajstić information content (AvgIpc) is 3.38. The molecule has 0 aliphatic carbocycles. The lowest BCUT2D eigenvalue weighted by Gasteiger charge is -2.55. The first-order valence-corrected chi connectivity index (χ1v) is 12.2. The Bertz CT molecular complexity index is 1260. The van der Waals surface area contributed by atoms with Crippen LogP contribution in [0.1, 0.15) is 24.2 Å². The summed E-state index contributed by atoms with van der Waals surface area (Å²) in [5.41, 5.74) is 2.05. The van der Waals surface area contributed by atoms with Crippen LogP contribution in [0.4, 0.5) is 0 Å². The molecule has 31 heavy (non-hydrogen) atoms. The molecular formula is C21H23N3O5S2. The van der Waals surface area contributed by atoms with Crippen LogP contribution in [0, 0.1) is 0 Å². The molecule has 2 aliphatic rings. The second-order valence-corrected chi connectivity index (χ2v) is 11.3. The highest BCUT2D eigenvalue weighted by Crippen LogP contribution is 2.49. The van der Waals surface area contributed by atoms with Crippen LogP contribution in [-0.2, 0) is 20.2 Å². The number of hydrogen-bond acceptors (Lipinski definition) is 6. The Morgan fingerprint density at radius 1 is 1.32 bits per heavy atom. The van der Waals surface area contributed by atoms with Gasteiger partial charge in [0.1, 0.15) is 9.96 Å². The van der Waals surface area contributed by atoms with Gasteiger partial charge in [-0.05, 0) is 29.1 Å². The number of sulfonamides is 1. The molecule has 4 heterocycles. The van der Waals surface area contributed by atoms with Gasteiger partial charge in [-0.15, -0.1) is 11.3 Å². The number of methoxy groups -OCH3 is 1. The molecule has 10 heteroatoms. The predicted molar refractivity (Wildman–Crippen MR) is 117 cm³/mol. The quantitative estimate of drug-likeness (QED) is 0.619. The number of nitrogens with one attached hydrogen (secondary N) is 1. The highest BCUT2D eigenvalue weighted by molar-refractivity contribution is 7.91. The van der Waals surface area contributed by atoms with Crippen LogP contribution in [0.25, 0.3) is 10.9 Å². The van der Waals surface area contributed by atoms with Gasteiger partial charge in [-0.25, -0.2) is 8.42 Å². The van der Waals surface area contributed by atoms with Gasteiger partial charge in [0.25, 0.3) is 10.0 Å². The Balaban J connectivity index is 1.63. The molecule has 1 atom stereocenters. The molecule has 1 amide bonds. The fourth-order valence-corrected chi connectivity index (χ4v) is 7.69. The second-order valence-electron chi connectivity index (χ2n) is 8.16. The number of amides is 1. The topological polar surface area (TPSA) is 103 Å². The number of aromatic nitrogens is 1. The molecule has 5 rings (SSSR count). The van der Waals surface area contributed by atoms with Crippen LogP contribution in [0.15, 0.2) is 39.9 Å². The molecule has 0 saturated carbocycles. The number of benzene rings is 1. The summed E-state index contributed by atoms with van der Waals surface area (Å²) in [6.07, 6.45) is 0. The maximum absolute atomic E-state index is 13.0. The minimum Gasteiger partial charge on any atom is -0.497 e. The van der Waals surface area contributed by atoms with Crippen molar-refractivity contribution in [2.75, 3.05) is 33.4 Å². The number of hydrogen-bond donors (Lipinski definition) is 2.